The predicted molar refractivity (Wildman–Crippen MR) is 80.4 cm³/mol. The van der Waals surface area contributed by atoms with E-state index >= 15 is 0 Å². The summed E-state index contributed by atoms with van der Waals surface area (Å²) >= 11 is 0. The number of nitrogens with zero attached hydrogens (tertiary/aromatic N) is 1. The van der Waals surface area contributed by atoms with Crippen LogP contribution in [0.4, 0.5) is 0 Å². The van der Waals surface area contributed by atoms with E-state index < -0.39 is 17.4 Å². The van der Waals surface area contributed by atoms with Gasteiger partial charge in [-0.3, -0.25) is 24.1 Å². The lowest BCUT2D eigenvalue weighted by Crippen LogP contribution is -2.46. The average Bonchev–Trinajstić information content (AvgIpc) is 2.60. The Morgan fingerprint density at radius 2 is 1.91 bits per heavy atom. The minimum atomic E-state index is -0.637. The maximum absolute atomic E-state index is 12.3. The van der Waals surface area contributed by atoms with Crippen LogP contribution in [0.3, 0.4) is 0 Å². The zero-order valence-corrected chi connectivity index (χ0v) is 13.6. The molecule has 1 aliphatic rings. The van der Waals surface area contributed by atoms with Crippen molar-refractivity contribution < 1.29 is 19.2 Å². The summed E-state index contributed by atoms with van der Waals surface area (Å²) in [5.41, 5.74) is 4.37. The van der Waals surface area contributed by atoms with Crippen LogP contribution in [-0.2, 0) is 19.2 Å². The molecule has 4 amide bonds. The van der Waals surface area contributed by atoms with Crippen LogP contribution in [0.15, 0.2) is 0 Å². The SMILES string of the molecule is CC(C)N1C(=O)CC(CC(C)(C)NC(=O)CCC(N)=O)C1=O. The largest absolute Gasteiger partial charge is 0.370 e. The van der Waals surface area contributed by atoms with Gasteiger partial charge >= 0.3 is 0 Å². The quantitative estimate of drug-likeness (QED) is 0.660. The van der Waals surface area contributed by atoms with Crippen molar-refractivity contribution in [2.24, 2.45) is 11.7 Å². The number of hydrogen-bond donors (Lipinski definition) is 2. The fraction of sp³-hybridized carbons (Fsp3) is 0.733. The van der Waals surface area contributed by atoms with E-state index in [2.05, 4.69) is 5.32 Å². The number of primary amides is 1. The predicted octanol–water partition coefficient (Wildman–Crippen LogP) is 0.320. The molecule has 0 radical (unpaired) electrons. The molecule has 0 saturated carbocycles. The number of rotatable bonds is 7. The molecule has 0 aromatic heterocycles. The first-order chi connectivity index (χ1) is 10.0. The normalized spacial score (nSPS) is 19.0. The van der Waals surface area contributed by atoms with Crippen LogP contribution in [0.25, 0.3) is 0 Å². The summed E-state index contributed by atoms with van der Waals surface area (Å²) in [6.07, 6.45) is 0.568. The van der Waals surface area contributed by atoms with E-state index in [1.54, 1.807) is 27.7 Å². The fourth-order valence-electron chi connectivity index (χ4n) is 2.76. The molecule has 1 heterocycles. The summed E-state index contributed by atoms with van der Waals surface area (Å²) in [7, 11) is 0. The molecule has 0 aliphatic carbocycles. The molecule has 0 bridgehead atoms. The standard InChI is InChI=1S/C15H25N3O4/c1-9(2)18-13(21)7-10(14(18)22)8-15(3,4)17-12(20)6-5-11(16)19/h9-10H,5-8H2,1-4H3,(H2,16,19)(H,17,20). The van der Waals surface area contributed by atoms with Crippen LogP contribution in [0.5, 0.6) is 0 Å². The maximum atomic E-state index is 12.3. The highest BCUT2D eigenvalue weighted by molar-refractivity contribution is 6.03. The second-order valence-electron chi connectivity index (χ2n) is 6.70. The van der Waals surface area contributed by atoms with Crippen LogP contribution < -0.4 is 11.1 Å². The van der Waals surface area contributed by atoms with Crippen LogP contribution in [0.1, 0.15) is 53.4 Å². The van der Waals surface area contributed by atoms with Gasteiger partial charge in [0.15, 0.2) is 0 Å². The van der Waals surface area contributed by atoms with E-state index in [4.69, 9.17) is 5.73 Å². The average molecular weight is 311 g/mol. The first kappa shape index (κ1) is 18.1. The van der Waals surface area contributed by atoms with E-state index in [1.165, 1.54) is 4.90 Å². The van der Waals surface area contributed by atoms with Crippen LogP contribution in [-0.4, -0.2) is 40.1 Å². The fourth-order valence-corrected chi connectivity index (χ4v) is 2.76. The van der Waals surface area contributed by atoms with Gasteiger partial charge in [-0.1, -0.05) is 0 Å². The molecule has 3 N–H and O–H groups in total. The molecule has 1 fully saturated rings. The monoisotopic (exact) mass is 311 g/mol. The lowest BCUT2D eigenvalue weighted by atomic mass is 9.89. The van der Waals surface area contributed by atoms with Crippen LogP contribution in [0, 0.1) is 5.92 Å². The summed E-state index contributed by atoms with van der Waals surface area (Å²) in [5.74, 6) is -1.58. The summed E-state index contributed by atoms with van der Waals surface area (Å²) in [6, 6.07) is -0.154. The highest BCUT2D eigenvalue weighted by Crippen LogP contribution is 2.29. The van der Waals surface area contributed by atoms with Crippen molar-refractivity contribution in [2.45, 2.75) is 65.0 Å². The van der Waals surface area contributed by atoms with Crippen molar-refractivity contribution in [3.8, 4) is 0 Å². The highest BCUT2D eigenvalue weighted by Gasteiger charge is 2.42. The van der Waals surface area contributed by atoms with Crippen molar-refractivity contribution in [3.63, 3.8) is 0 Å². The molecule has 1 aliphatic heterocycles. The molecule has 7 heteroatoms. The Labute approximate surface area is 130 Å². The van der Waals surface area contributed by atoms with Crippen LogP contribution >= 0.6 is 0 Å². The van der Waals surface area contributed by atoms with Gasteiger partial charge in [-0.05, 0) is 34.1 Å². The minimum absolute atomic E-state index is 0.0100. The Hall–Kier alpha value is -1.92. The number of nitrogens with two attached hydrogens (primary N) is 1. The summed E-state index contributed by atoms with van der Waals surface area (Å²) in [4.78, 5) is 47.9. The minimum Gasteiger partial charge on any atom is -0.370 e. The van der Waals surface area contributed by atoms with E-state index in [0.717, 1.165) is 0 Å². The smallest absolute Gasteiger partial charge is 0.233 e. The number of nitrogens with one attached hydrogen (secondary N) is 1. The van der Waals surface area contributed by atoms with E-state index in [9.17, 15) is 19.2 Å². The van der Waals surface area contributed by atoms with E-state index in [1.807, 2.05) is 0 Å². The molecule has 1 rings (SSSR count). The van der Waals surface area contributed by atoms with Crippen molar-refractivity contribution in [1.82, 2.24) is 10.2 Å². The highest BCUT2D eigenvalue weighted by atomic mass is 16.2. The molecule has 0 aromatic rings. The van der Waals surface area contributed by atoms with Gasteiger partial charge < -0.3 is 11.1 Å². The molecule has 1 atom stereocenters. The summed E-state index contributed by atoms with van der Waals surface area (Å²) in [5, 5.41) is 2.79. The summed E-state index contributed by atoms with van der Waals surface area (Å²) in [6.45, 7) is 7.19. The lowest BCUT2D eigenvalue weighted by molar-refractivity contribution is -0.141. The Morgan fingerprint density at radius 3 is 2.36 bits per heavy atom. The molecular formula is C15H25N3O4. The van der Waals surface area contributed by atoms with E-state index in [-0.39, 0.29) is 43.0 Å². The second kappa shape index (κ2) is 6.89. The third-order valence-electron chi connectivity index (χ3n) is 3.63. The van der Waals surface area contributed by atoms with Crippen molar-refractivity contribution in [1.29, 1.82) is 0 Å². The molecule has 0 spiro atoms. The third-order valence-corrected chi connectivity index (χ3v) is 3.63. The number of amides is 4. The zero-order valence-electron chi connectivity index (χ0n) is 13.6. The molecule has 1 unspecified atom stereocenters. The molecule has 22 heavy (non-hydrogen) atoms. The maximum Gasteiger partial charge on any atom is 0.233 e. The van der Waals surface area contributed by atoms with Crippen molar-refractivity contribution in [2.75, 3.05) is 0 Å². The first-order valence-electron chi connectivity index (χ1n) is 7.48. The molecule has 124 valence electrons. The molecular weight excluding hydrogens is 286 g/mol. The number of carbonyl (C=O) groups excluding carboxylic acids is 4. The number of imide groups is 1. The van der Waals surface area contributed by atoms with Gasteiger partial charge in [0.2, 0.25) is 23.6 Å². The lowest BCUT2D eigenvalue weighted by Gasteiger charge is -2.29. The molecule has 0 aromatic carbocycles. The van der Waals surface area contributed by atoms with Gasteiger partial charge in [0.05, 0.1) is 0 Å². The number of likely N-dealkylation sites (tertiary alicyclic amines) is 1. The van der Waals surface area contributed by atoms with Crippen molar-refractivity contribution in [3.05, 3.63) is 0 Å². The number of carbonyl (C=O) groups is 4. The number of hydrogen-bond acceptors (Lipinski definition) is 4. The topological polar surface area (TPSA) is 110 Å². The van der Waals surface area contributed by atoms with Gasteiger partial charge in [-0.25, -0.2) is 0 Å². The van der Waals surface area contributed by atoms with Gasteiger partial charge in [-0.2, -0.15) is 0 Å². The Kier molecular flexibility index (Phi) is 5.68. The molecule has 1 saturated heterocycles. The summed E-state index contributed by atoms with van der Waals surface area (Å²) < 4.78 is 0. The van der Waals surface area contributed by atoms with Gasteiger partial charge in [0, 0.05) is 36.8 Å². The van der Waals surface area contributed by atoms with Gasteiger partial charge in [-0.15, -0.1) is 0 Å². The van der Waals surface area contributed by atoms with Gasteiger partial charge in [0.1, 0.15) is 0 Å². The van der Waals surface area contributed by atoms with Gasteiger partial charge in [0.25, 0.3) is 0 Å². The van der Waals surface area contributed by atoms with Crippen molar-refractivity contribution >= 4 is 23.6 Å². The van der Waals surface area contributed by atoms with Crippen LogP contribution in [0.2, 0.25) is 0 Å². The zero-order chi connectivity index (χ0) is 17.1. The first-order valence-corrected chi connectivity index (χ1v) is 7.48. The Balaban J connectivity index is 2.61. The Morgan fingerprint density at radius 1 is 1.32 bits per heavy atom. The second-order valence-corrected chi connectivity index (χ2v) is 6.70. The van der Waals surface area contributed by atoms with E-state index in [0.29, 0.717) is 6.42 Å². The Bertz CT molecular complexity index is 485. The third kappa shape index (κ3) is 4.82. The molecule has 7 nitrogen and oxygen atoms in total.